The van der Waals surface area contributed by atoms with Crippen LogP contribution in [0.3, 0.4) is 0 Å². The number of benzene rings is 1. The van der Waals surface area contributed by atoms with E-state index in [0.29, 0.717) is 38.8 Å². The van der Waals surface area contributed by atoms with Gasteiger partial charge in [-0.25, -0.2) is 0 Å². The predicted octanol–water partition coefficient (Wildman–Crippen LogP) is 4.85. The lowest BCUT2D eigenvalue weighted by molar-refractivity contribution is 0.0997. The Morgan fingerprint density at radius 1 is 1.29 bits per heavy atom. The first-order chi connectivity index (χ1) is 11.6. The van der Waals surface area contributed by atoms with Gasteiger partial charge < -0.3 is 9.30 Å². The van der Waals surface area contributed by atoms with E-state index in [1.807, 2.05) is 35.8 Å². The maximum Gasteiger partial charge on any atom is 0.282 e. The molecule has 3 aromatic rings. The number of aromatic nitrogens is 1. The minimum atomic E-state index is -0.389. The Labute approximate surface area is 156 Å². The average Bonchev–Trinajstić information content (AvgIpc) is 3.07. The molecule has 0 fully saturated rings. The Morgan fingerprint density at radius 2 is 2.08 bits per heavy atom. The van der Waals surface area contributed by atoms with Crippen LogP contribution in [0, 0.1) is 0 Å². The molecule has 0 N–H and O–H groups in total. The van der Waals surface area contributed by atoms with Crippen LogP contribution in [0.15, 0.2) is 35.3 Å². The summed E-state index contributed by atoms with van der Waals surface area (Å²) in [5.41, 5.74) is 1.36. The van der Waals surface area contributed by atoms with Crippen LogP contribution in [-0.4, -0.2) is 23.7 Å². The molecule has 0 aliphatic heterocycles. The van der Waals surface area contributed by atoms with Crippen molar-refractivity contribution in [2.75, 3.05) is 13.2 Å². The fraction of sp³-hybridized carbons (Fsp3) is 0.250. The van der Waals surface area contributed by atoms with Crippen LogP contribution in [0.25, 0.3) is 10.2 Å². The van der Waals surface area contributed by atoms with Crippen LogP contribution in [0.2, 0.25) is 8.67 Å². The molecule has 0 saturated carbocycles. The van der Waals surface area contributed by atoms with E-state index in [4.69, 9.17) is 27.9 Å². The number of hydrogen-bond donors (Lipinski definition) is 0. The predicted molar refractivity (Wildman–Crippen MR) is 101 cm³/mol. The van der Waals surface area contributed by atoms with Gasteiger partial charge in [0.1, 0.15) is 4.34 Å². The van der Waals surface area contributed by atoms with E-state index in [2.05, 4.69) is 4.99 Å². The van der Waals surface area contributed by atoms with Gasteiger partial charge in [0, 0.05) is 13.2 Å². The number of hydrogen-bond acceptors (Lipinski definition) is 4. The highest BCUT2D eigenvalue weighted by molar-refractivity contribution is 7.20. The zero-order valence-electron chi connectivity index (χ0n) is 12.8. The van der Waals surface area contributed by atoms with Gasteiger partial charge in [-0.3, -0.25) is 4.79 Å². The molecule has 0 atom stereocenters. The summed E-state index contributed by atoms with van der Waals surface area (Å²) in [5, 5.41) is 0. The molecule has 0 aliphatic carbocycles. The number of carbonyl (C=O) groups excluding carboxylic acids is 1. The van der Waals surface area contributed by atoms with E-state index < -0.39 is 0 Å². The third-order valence-electron chi connectivity index (χ3n) is 3.34. The van der Waals surface area contributed by atoms with Gasteiger partial charge in [-0.05, 0) is 25.1 Å². The molecule has 0 unspecified atom stereocenters. The molecule has 1 aromatic carbocycles. The molecule has 4 nitrogen and oxygen atoms in total. The smallest absolute Gasteiger partial charge is 0.282 e. The molecule has 8 heteroatoms. The normalized spacial score (nSPS) is 12.2. The number of carbonyl (C=O) groups is 1. The van der Waals surface area contributed by atoms with Crippen LogP contribution >= 0.6 is 45.9 Å². The number of ether oxygens (including phenoxy) is 1. The van der Waals surface area contributed by atoms with E-state index in [1.54, 1.807) is 6.07 Å². The Balaban J connectivity index is 2.05. The third kappa shape index (κ3) is 3.73. The van der Waals surface area contributed by atoms with E-state index >= 15 is 0 Å². The molecule has 0 radical (unpaired) electrons. The van der Waals surface area contributed by atoms with Crippen LogP contribution in [0.4, 0.5) is 0 Å². The maximum atomic E-state index is 12.5. The number of amides is 1. The van der Waals surface area contributed by atoms with E-state index in [9.17, 15) is 4.79 Å². The molecular formula is C16H14Cl2N2O2S2. The molecule has 2 heterocycles. The Kier molecular flexibility index (Phi) is 5.73. The van der Waals surface area contributed by atoms with Crippen molar-refractivity contribution in [3.8, 4) is 0 Å². The van der Waals surface area contributed by atoms with Gasteiger partial charge >= 0.3 is 0 Å². The number of halogens is 2. The first kappa shape index (κ1) is 17.6. The van der Waals surface area contributed by atoms with Crippen LogP contribution in [-0.2, 0) is 11.3 Å². The number of thiazole rings is 1. The van der Waals surface area contributed by atoms with Gasteiger partial charge in [0.05, 0.1) is 26.7 Å². The topological polar surface area (TPSA) is 43.6 Å². The molecule has 2 aromatic heterocycles. The summed E-state index contributed by atoms with van der Waals surface area (Å²) in [7, 11) is 0. The standard InChI is InChI=1S/C16H14Cl2N2O2S2/c1-2-22-8-7-20-11-5-3-4-6-12(11)23-16(20)19-15(21)10-9-13(17)24-14(10)18/h3-6,9H,2,7-8H2,1H3. The first-order valence-electron chi connectivity index (χ1n) is 7.30. The Morgan fingerprint density at radius 3 is 2.79 bits per heavy atom. The van der Waals surface area contributed by atoms with Gasteiger partial charge in [-0.15, -0.1) is 11.3 Å². The molecule has 24 heavy (non-hydrogen) atoms. The Bertz CT molecular complexity index is 943. The largest absolute Gasteiger partial charge is 0.380 e. The fourth-order valence-electron chi connectivity index (χ4n) is 2.26. The van der Waals surface area contributed by atoms with Crippen molar-refractivity contribution in [1.29, 1.82) is 0 Å². The number of rotatable bonds is 5. The molecule has 0 bridgehead atoms. The third-order valence-corrected chi connectivity index (χ3v) is 5.88. The quantitative estimate of drug-likeness (QED) is 0.574. The number of nitrogens with zero attached hydrogens (tertiary/aromatic N) is 2. The van der Waals surface area contributed by atoms with E-state index in [1.165, 1.54) is 11.3 Å². The molecule has 3 rings (SSSR count). The number of thiophene rings is 1. The molecule has 1 amide bonds. The van der Waals surface area contributed by atoms with Crippen molar-refractivity contribution < 1.29 is 9.53 Å². The van der Waals surface area contributed by atoms with Crippen molar-refractivity contribution in [2.45, 2.75) is 13.5 Å². The monoisotopic (exact) mass is 400 g/mol. The SMILES string of the molecule is CCOCCn1c(=NC(=O)c2cc(Cl)sc2Cl)sc2ccccc21. The zero-order valence-corrected chi connectivity index (χ0v) is 15.9. The van der Waals surface area contributed by atoms with Gasteiger partial charge in [-0.2, -0.15) is 4.99 Å². The number of para-hydroxylation sites is 1. The van der Waals surface area contributed by atoms with Crippen molar-refractivity contribution in [2.24, 2.45) is 4.99 Å². The zero-order chi connectivity index (χ0) is 17.1. The second-order valence-corrected chi connectivity index (χ2v) is 8.15. The molecule has 126 valence electrons. The molecule has 0 aliphatic rings. The first-order valence-corrected chi connectivity index (χ1v) is 9.69. The van der Waals surface area contributed by atoms with Crippen LogP contribution in [0.5, 0.6) is 0 Å². The summed E-state index contributed by atoms with van der Waals surface area (Å²) in [6.45, 7) is 3.79. The second kappa shape index (κ2) is 7.80. The van der Waals surface area contributed by atoms with Crippen molar-refractivity contribution in [3.05, 3.63) is 49.4 Å². The maximum absolute atomic E-state index is 12.5. The summed E-state index contributed by atoms with van der Waals surface area (Å²) >= 11 is 14.6. The Hall–Kier alpha value is -1.18. The highest BCUT2D eigenvalue weighted by atomic mass is 35.5. The summed E-state index contributed by atoms with van der Waals surface area (Å²) in [6, 6.07) is 9.50. The summed E-state index contributed by atoms with van der Waals surface area (Å²) in [4.78, 5) is 17.4. The minimum Gasteiger partial charge on any atom is -0.380 e. The molecule has 0 saturated heterocycles. The highest BCUT2D eigenvalue weighted by Crippen LogP contribution is 2.31. The van der Waals surface area contributed by atoms with Gasteiger partial charge in [-0.1, -0.05) is 46.7 Å². The average molecular weight is 401 g/mol. The van der Waals surface area contributed by atoms with Crippen LogP contribution in [0.1, 0.15) is 17.3 Å². The van der Waals surface area contributed by atoms with Gasteiger partial charge in [0.25, 0.3) is 5.91 Å². The lowest BCUT2D eigenvalue weighted by Gasteiger charge is -2.05. The molecular weight excluding hydrogens is 387 g/mol. The van der Waals surface area contributed by atoms with E-state index in [0.717, 1.165) is 21.6 Å². The highest BCUT2D eigenvalue weighted by Gasteiger charge is 2.15. The second-order valence-electron chi connectivity index (χ2n) is 4.86. The number of fused-ring (bicyclic) bond motifs is 1. The summed E-state index contributed by atoms with van der Waals surface area (Å²) in [6.07, 6.45) is 0. The van der Waals surface area contributed by atoms with Crippen molar-refractivity contribution in [3.63, 3.8) is 0 Å². The molecule has 0 spiro atoms. The fourth-order valence-corrected chi connectivity index (χ4v) is 4.76. The lowest BCUT2D eigenvalue weighted by atomic mass is 10.3. The summed E-state index contributed by atoms with van der Waals surface area (Å²) in [5.74, 6) is -0.389. The van der Waals surface area contributed by atoms with E-state index in [-0.39, 0.29) is 5.91 Å². The summed E-state index contributed by atoms with van der Waals surface area (Å²) < 4.78 is 9.33. The van der Waals surface area contributed by atoms with Crippen LogP contribution < -0.4 is 4.80 Å². The van der Waals surface area contributed by atoms with Crippen molar-refractivity contribution in [1.82, 2.24) is 4.57 Å². The minimum absolute atomic E-state index is 0.334. The lowest BCUT2D eigenvalue weighted by Crippen LogP contribution is -2.19. The van der Waals surface area contributed by atoms with Gasteiger partial charge in [0.2, 0.25) is 0 Å². The van der Waals surface area contributed by atoms with Gasteiger partial charge in [0.15, 0.2) is 4.80 Å². The van der Waals surface area contributed by atoms with Crippen molar-refractivity contribution >= 4 is 62.0 Å².